The number of carbonyl (C=O) groups excluding carboxylic acids is 1. The van der Waals surface area contributed by atoms with E-state index in [0.29, 0.717) is 11.1 Å². The van der Waals surface area contributed by atoms with Gasteiger partial charge in [0.05, 0.1) is 18.1 Å². The van der Waals surface area contributed by atoms with E-state index >= 15 is 0 Å². The van der Waals surface area contributed by atoms with E-state index in [4.69, 9.17) is 0 Å². The molecule has 23 heavy (non-hydrogen) atoms. The SMILES string of the molecule is Cc1ccc(C(F)(F)F)cc1NC(=O)CC(O)c1ccccc1. The molecule has 0 saturated heterocycles. The van der Waals surface area contributed by atoms with Gasteiger partial charge in [0, 0.05) is 5.69 Å². The number of anilines is 1. The fraction of sp³-hybridized carbons (Fsp3) is 0.235. The Kier molecular flexibility index (Phi) is 5.05. The molecule has 1 amide bonds. The molecule has 2 aromatic rings. The lowest BCUT2D eigenvalue weighted by Crippen LogP contribution is -2.17. The van der Waals surface area contributed by atoms with Crippen LogP contribution in [0.15, 0.2) is 48.5 Å². The van der Waals surface area contributed by atoms with Crippen molar-refractivity contribution in [2.45, 2.75) is 25.6 Å². The lowest BCUT2D eigenvalue weighted by Gasteiger charge is -2.14. The minimum Gasteiger partial charge on any atom is -0.388 e. The number of halogens is 3. The van der Waals surface area contributed by atoms with E-state index in [1.54, 1.807) is 37.3 Å². The van der Waals surface area contributed by atoms with Crippen molar-refractivity contribution in [1.29, 1.82) is 0 Å². The zero-order valence-electron chi connectivity index (χ0n) is 12.4. The van der Waals surface area contributed by atoms with Gasteiger partial charge >= 0.3 is 6.18 Å². The molecule has 0 aliphatic heterocycles. The molecule has 0 aromatic heterocycles. The Hall–Kier alpha value is -2.34. The maximum Gasteiger partial charge on any atom is 0.416 e. The quantitative estimate of drug-likeness (QED) is 0.891. The molecule has 0 radical (unpaired) electrons. The summed E-state index contributed by atoms with van der Waals surface area (Å²) in [5.41, 5.74) is 0.344. The first-order valence-corrected chi connectivity index (χ1v) is 6.98. The van der Waals surface area contributed by atoms with Gasteiger partial charge in [-0.15, -0.1) is 0 Å². The molecule has 0 aliphatic carbocycles. The third-order valence-corrected chi connectivity index (χ3v) is 3.40. The lowest BCUT2D eigenvalue weighted by molar-refractivity contribution is -0.137. The minimum absolute atomic E-state index is 0.0880. The molecule has 0 fully saturated rings. The van der Waals surface area contributed by atoms with Crippen LogP contribution in [0.3, 0.4) is 0 Å². The third-order valence-electron chi connectivity index (χ3n) is 3.40. The normalized spacial score (nSPS) is 12.7. The monoisotopic (exact) mass is 323 g/mol. The number of hydrogen-bond acceptors (Lipinski definition) is 2. The van der Waals surface area contributed by atoms with Crippen LogP contribution >= 0.6 is 0 Å². The molecular formula is C17H16F3NO2. The molecule has 122 valence electrons. The van der Waals surface area contributed by atoms with Crippen LogP contribution in [0, 0.1) is 6.92 Å². The number of carbonyl (C=O) groups is 1. The summed E-state index contributed by atoms with van der Waals surface area (Å²) < 4.78 is 38.1. The molecule has 0 spiro atoms. The summed E-state index contributed by atoms with van der Waals surface area (Å²) >= 11 is 0. The van der Waals surface area contributed by atoms with Crippen molar-refractivity contribution in [3.05, 3.63) is 65.2 Å². The summed E-state index contributed by atoms with van der Waals surface area (Å²) in [7, 11) is 0. The summed E-state index contributed by atoms with van der Waals surface area (Å²) in [6.07, 6.45) is -5.72. The number of aryl methyl sites for hydroxylation is 1. The Morgan fingerprint density at radius 2 is 1.83 bits per heavy atom. The largest absolute Gasteiger partial charge is 0.416 e. The number of aliphatic hydroxyl groups excluding tert-OH is 1. The number of alkyl halides is 3. The van der Waals surface area contributed by atoms with E-state index in [2.05, 4.69) is 5.32 Å². The molecule has 1 unspecified atom stereocenters. The first-order chi connectivity index (χ1) is 10.8. The highest BCUT2D eigenvalue weighted by atomic mass is 19.4. The number of amides is 1. The maximum absolute atomic E-state index is 12.7. The van der Waals surface area contributed by atoms with E-state index < -0.39 is 23.8 Å². The van der Waals surface area contributed by atoms with Crippen molar-refractivity contribution in [1.82, 2.24) is 0 Å². The maximum atomic E-state index is 12.7. The van der Waals surface area contributed by atoms with Crippen molar-refractivity contribution in [2.24, 2.45) is 0 Å². The van der Waals surface area contributed by atoms with Crippen LogP contribution in [-0.2, 0) is 11.0 Å². The van der Waals surface area contributed by atoms with Crippen molar-refractivity contribution in [2.75, 3.05) is 5.32 Å². The second-order valence-electron chi connectivity index (χ2n) is 5.21. The van der Waals surface area contributed by atoms with Gasteiger partial charge in [-0.1, -0.05) is 36.4 Å². The van der Waals surface area contributed by atoms with Crippen LogP contribution in [0.25, 0.3) is 0 Å². The highest BCUT2D eigenvalue weighted by Crippen LogP contribution is 2.32. The molecule has 2 N–H and O–H groups in total. The van der Waals surface area contributed by atoms with Crippen LogP contribution in [0.2, 0.25) is 0 Å². The Labute approximate surface area is 131 Å². The number of benzene rings is 2. The van der Waals surface area contributed by atoms with Crippen LogP contribution in [-0.4, -0.2) is 11.0 Å². The topological polar surface area (TPSA) is 49.3 Å². The van der Waals surface area contributed by atoms with E-state index in [0.717, 1.165) is 12.1 Å². The number of rotatable bonds is 4. The average molecular weight is 323 g/mol. The van der Waals surface area contributed by atoms with Crippen LogP contribution in [0.5, 0.6) is 0 Å². The first-order valence-electron chi connectivity index (χ1n) is 6.98. The molecule has 0 saturated carbocycles. The predicted molar refractivity (Wildman–Crippen MR) is 80.8 cm³/mol. The van der Waals surface area contributed by atoms with Crippen LogP contribution in [0.4, 0.5) is 18.9 Å². The second-order valence-corrected chi connectivity index (χ2v) is 5.21. The molecule has 0 aliphatic rings. The van der Waals surface area contributed by atoms with Crippen molar-refractivity contribution in [3.8, 4) is 0 Å². The van der Waals surface area contributed by atoms with E-state index in [9.17, 15) is 23.1 Å². The van der Waals surface area contributed by atoms with E-state index in [-0.39, 0.29) is 12.1 Å². The highest BCUT2D eigenvalue weighted by Gasteiger charge is 2.31. The second kappa shape index (κ2) is 6.83. The van der Waals surface area contributed by atoms with E-state index in [1.807, 2.05) is 0 Å². The molecule has 1 atom stereocenters. The van der Waals surface area contributed by atoms with Crippen LogP contribution in [0.1, 0.15) is 29.2 Å². The van der Waals surface area contributed by atoms with Gasteiger partial charge in [-0.2, -0.15) is 13.2 Å². The predicted octanol–water partition coefficient (Wildman–Crippen LogP) is 4.08. The average Bonchev–Trinajstić information content (AvgIpc) is 2.49. The van der Waals surface area contributed by atoms with Crippen molar-refractivity contribution < 1.29 is 23.1 Å². The summed E-state index contributed by atoms with van der Waals surface area (Å²) in [5, 5.41) is 12.4. The number of hydrogen-bond donors (Lipinski definition) is 2. The minimum atomic E-state index is -4.48. The molecule has 3 nitrogen and oxygen atoms in total. The fourth-order valence-corrected chi connectivity index (χ4v) is 2.10. The molecule has 2 aromatic carbocycles. The smallest absolute Gasteiger partial charge is 0.388 e. The molecule has 6 heteroatoms. The zero-order chi connectivity index (χ0) is 17.0. The van der Waals surface area contributed by atoms with E-state index in [1.165, 1.54) is 6.07 Å². The lowest BCUT2D eigenvalue weighted by atomic mass is 10.1. The standard InChI is InChI=1S/C17H16F3NO2/c1-11-7-8-13(17(18,19)20)9-14(11)21-16(23)10-15(22)12-5-3-2-4-6-12/h2-9,15,22H,10H2,1H3,(H,21,23). The van der Waals surface area contributed by atoms with Gasteiger partial charge in [0.15, 0.2) is 0 Å². The molecule has 0 bridgehead atoms. The van der Waals surface area contributed by atoms with Crippen molar-refractivity contribution in [3.63, 3.8) is 0 Å². The number of nitrogens with one attached hydrogen (secondary N) is 1. The summed E-state index contributed by atoms with van der Waals surface area (Å²) in [4.78, 5) is 12.0. The molecule has 2 rings (SSSR count). The highest BCUT2D eigenvalue weighted by molar-refractivity contribution is 5.92. The number of aliphatic hydroxyl groups is 1. The van der Waals surface area contributed by atoms with Gasteiger partial charge in [-0.05, 0) is 30.2 Å². The fourth-order valence-electron chi connectivity index (χ4n) is 2.10. The summed E-state index contributed by atoms with van der Waals surface area (Å²) in [5.74, 6) is -0.552. The summed E-state index contributed by atoms with van der Waals surface area (Å²) in [6, 6.07) is 11.7. The molecular weight excluding hydrogens is 307 g/mol. The van der Waals surface area contributed by atoms with Gasteiger partial charge in [0.1, 0.15) is 0 Å². The Bertz CT molecular complexity index is 684. The van der Waals surface area contributed by atoms with Gasteiger partial charge < -0.3 is 10.4 Å². The Morgan fingerprint density at radius 3 is 2.43 bits per heavy atom. The molecule has 0 heterocycles. The van der Waals surface area contributed by atoms with Crippen molar-refractivity contribution >= 4 is 11.6 Å². The van der Waals surface area contributed by atoms with Gasteiger partial charge in [0.25, 0.3) is 0 Å². The zero-order valence-corrected chi connectivity index (χ0v) is 12.4. The first kappa shape index (κ1) is 17.0. The Balaban J connectivity index is 2.08. The van der Waals surface area contributed by atoms with Gasteiger partial charge in [-0.25, -0.2) is 0 Å². The van der Waals surface area contributed by atoms with Gasteiger partial charge in [0.2, 0.25) is 5.91 Å². The van der Waals surface area contributed by atoms with Crippen LogP contribution < -0.4 is 5.32 Å². The third kappa shape index (κ3) is 4.56. The van der Waals surface area contributed by atoms with Gasteiger partial charge in [-0.3, -0.25) is 4.79 Å². The summed E-state index contributed by atoms with van der Waals surface area (Å²) in [6.45, 7) is 1.60. The Morgan fingerprint density at radius 1 is 1.17 bits per heavy atom.